The zero-order valence-electron chi connectivity index (χ0n) is 16.2. The lowest BCUT2D eigenvalue weighted by Gasteiger charge is -2.34. The van der Waals surface area contributed by atoms with Gasteiger partial charge in [0.1, 0.15) is 11.3 Å². The highest BCUT2D eigenvalue weighted by molar-refractivity contribution is 6.07. The van der Waals surface area contributed by atoms with E-state index >= 15 is 0 Å². The van der Waals surface area contributed by atoms with Crippen molar-refractivity contribution in [3.05, 3.63) is 29.8 Å². The Bertz CT molecular complexity index is 706. The molecule has 4 rings (SSSR count). The molecule has 1 aliphatic heterocycles. The van der Waals surface area contributed by atoms with Crippen molar-refractivity contribution in [2.45, 2.75) is 63.6 Å². The minimum absolute atomic E-state index is 0.0280. The Morgan fingerprint density at radius 2 is 1.81 bits per heavy atom. The molecule has 0 radical (unpaired) electrons. The van der Waals surface area contributed by atoms with Gasteiger partial charge >= 0.3 is 6.03 Å². The van der Waals surface area contributed by atoms with E-state index in [4.69, 9.17) is 4.74 Å². The van der Waals surface area contributed by atoms with Crippen molar-refractivity contribution >= 4 is 11.9 Å². The molecule has 27 heavy (non-hydrogen) atoms. The Kier molecular flexibility index (Phi) is 4.84. The molecule has 146 valence electrons. The molecule has 3 aliphatic rings. The van der Waals surface area contributed by atoms with Crippen LogP contribution in [0.15, 0.2) is 24.3 Å². The maximum absolute atomic E-state index is 13.1. The number of benzene rings is 1. The van der Waals surface area contributed by atoms with Gasteiger partial charge in [-0.05, 0) is 62.1 Å². The molecule has 1 aromatic carbocycles. The summed E-state index contributed by atoms with van der Waals surface area (Å²) < 4.78 is 5.22. The van der Waals surface area contributed by atoms with E-state index < -0.39 is 5.54 Å². The monoisotopic (exact) mass is 371 g/mol. The fourth-order valence-electron chi connectivity index (χ4n) is 4.28. The van der Waals surface area contributed by atoms with E-state index in [0.717, 1.165) is 56.4 Å². The summed E-state index contributed by atoms with van der Waals surface area (Å²) in [5, 5.41) is 3.03. The minimum atomic E-state index is -0.654. The molecule has 1 spiro atoms. The molecular weight excluding hydrogens is 342 g/mol. The van der Waals surface area contributed by atoms with Crippen LogP contribution >= 0.6 is 0 Å². The second-order valence-corrected chi connectivity index (χ2v) is 8.40. The smallest absolute Gasteiger partial charge is 0.326 e. The number of nitrogens with one attached hydrogen (secondary N) is 1. The lowest BCUT2D eigenvalue weighted by Crippen LogP contribution is -2.50. The summed E-state index contributed by atoms with van der Waals surface area (Å²) in [5.74, 6) is 1.44. The highest BCUT2D eigenvalue weighted by Crippen LogP contribution is 2.37. The number of rotatable bonds is 6. The number of ether oxygens (including phenoxy) is 1. The average molecular weight is 371 g/mol. The van der Waals surface area contributed by atoms with Crippen LogP contribution in [0.25, 0.3) is 0 Å². The van der Waals surface area contributed by atoms with E-state index in [9.17, 15) is 9.59 Å². The van der Waals surface area contributed by atoms with Gasteiger partial charge in [-0.3, -0.25) is 9.69 Å². The van der Waals surface area contributed by atoms with Crippen molar-refractivity contribution < 1.29 is 14.3 Å². The van der Waals surface area contributed by atoms with Crippen molar-refractivity contribution in [1.29, 1.82) is 0 Å². The van der Waals surface area contributed by atoms with Gasteiger partial charge in [0.05, 0.1) is 13.8 Å². The van der Waals surface area contributed by atoms with E-state index in [1.54, 1.807) is 7.11 Å². The van der Waals surface area contributed by atoms with Gasteiger partial charge in [-0.15, -0.1) is 0 Å². The third-order valence-corrected chi connectivity index (χ3v) is 6.30. The van der Waals surface area contributed by atoms with Crippen LogP contribution in [0.4, 0.5) is 4.79 Å². The number of hydrogen-bond acceptors (Lipinski definition) is 4. The van der Waals surface area contributed by atoms with E-state index in [1.807, 2.05) is 24.3 Å². The second kappa shape index (κ2) is 7.15. The van der Waals surface area contributed by atoms with Crippen LogP contribution in [-0.2, 0) is 11.3 Å². The predicted octanol–water partition coefficient (Wildman–Crippen LogP) is 3.12. The van der Waals surface area contributed by atoms with Crippen LogP contribution < -0.4 is 10.1 Å². The summed E-state index contributed by atoms with van der Waals surface area (Å²) in [6.45, 7) is 3.32. The highest BCUT2D eigenvalue weighted by Gasteiger charge is 2.52. The van der Waals surface area contributed by atoms with Gasteiger partial charge in [-0.2, -0.15) is 0 Å². The van der Waals surface area contributed by atoms with Crippen molar-refractivity contribution in [3.8, 4) is 5.75 Å². The van der Waals surface area contributed by atoms with Gasteiger partial charge < -0.3 is 10.1 Å². The summed E-state index contributed by atoms with van der Waals surface area (Å²) in [5.41, 5.74) is 0.509. The van der Waals surface area contributed by atoms with Crippen LogP contribution in [0.5, 0.6) is 5.75 Å². The van der Waals surface area contributed by atoms with Crippen LogP contribution in [-0.4, -0.2) is 47.1 Å². The summed E-state index contributed by atoms with van der Waals surface area (Å²) in [7, 11) is 1.66. The van der Waals surface area contributed by atoms with Gasteiger partial charge in [0.25, 0.3) is 5.91 Å². The second-order valence-electron chi connectivity index (χ2n) is 8.40. The van der Waals surface area contributed by atoms with Crippen LogP contribution in [0.1, 0.15) is 51.0 Å². The Morgan fingerprint density at radius 3 is 2.41 bits per heavy atom. The van der Waals surface area contributed by atoms with Gasteiger partial charge in [-0.1, -0.05) is 19.1 Å². The highest BCUT2D eigenvalue weighted by atomic mass is 16.5. The Labute approximate surface area is 160 Å². The molecule has 3 fully saturated rings. The van der Waals surface area contributed by atoms with E-state index in [1.165, 1.54) is 4.90 Å². The molecule has 6 nitrogen and oxygen atoms in total. The summed E-state index contributed by atoms with van der Waals surface area (Å²) >= 11 is 0. The number of imide groups is 1. The molecule has 2 aliphatic carbocycles. The molecule has 1 aromatic rings. The van der Waals surface area contributed by atoms with Crippen LogP contribution in [0.2, 0.25) is 0 Å². The van der Waals surface area contributed by atoms with Gasteiger partial charge in [0, 0.05) is 12.6 Å². The van der Waals surface area contributed by atoms with Gasteiger partial charge in [0.2, 0.25) is 0 Å². The Balaban J connectivity index is 1.45. The van der Waals surface area contributed by atoms with E-state index in [2.05, 4.69) is 17.1 Å². The fourth-order valence-corrected chi connectivity index (χ4v) is 4.28. The average Bonchev–Trinajstić information content (AvgIpc) is 3.49. The number of carbonyl (C=O) groups is 2. The van der Waals surface area contributed by atoms with Crippen molar-refractivity contribution in [2.24, 2.45) is 5.92 Å². The zero-order valence-corrected chi connectivity index (χ0v) is 16.2. The molecule has 3 amide bonds. The molecule has 0 unspecified atom stereocenters. The minimum Gasteiger partial charge on any atom is -0.497 e. The summed E-state index contributed by atoms with van der Waals surface area (Å²) in [6, 6.07) is 8.22. The number of hydrogen-bond donors (Lipinski definition) is 1. The Morgan fingerprint density at radius 1 is 1.15 bits per heavy atom. The standard InChI is InChI=1S/C21H29N3O3/c1-15-9-11-21(12-10-15)19(25)24(20(26)22-21)14-23(17-5-6-17)13-16-3-7-18(27-2)8-4-16/h3-4,7-8,15,17H,5-6,9-14H2,1-2H3,(H,22,26). The molecule has 1 N–H and O–H groups in total. The molecule has 0 bridgehead atoms. The quantitative estimate of drug-likeness (QED) is 0.781. The first-order chi connectivity index (χ1) is 13.0. The number of methoxy groups -OCH3 is 1. The topological polar surface area (TPSA) is 61.9 Å². The summed E-state index contributed by atoms with van der Waals surface area (Å²) in [6.07, 6.45) is 5.77. The van der Waals surface area contributed by atoms with E-state index in [0.29, 0.717) is 18.6 Å². The molecule has 6 heteroatoms. The molecule has 0 atom stereocenters. The lowest BCUT2D eigenvalue weighted by atomic mass is 9.77. The fraction of sp³-hybridized carbons (Fsp3) is 0.619. The van der Waals surface area contributed by atoms with Gasteiger partial charge in [0.15, 0.2) is 0 Å². The van der Waals surface area contributed by atoms with Gasteiger partial charge in [-0.25, -0.2) is 9.69 Å². The van der Waals surface area contributed by atoms with Crippen molar-refractivity contribution in [1.82, 2.24) is 15.1 Å². The number of carbonyl (C=O) groups excluding carboxylic acids is 2. The largest absolute Gasteiger partial charge is 0.497 e. The first-order valence-corrected chi connectivity index (χ1v) is 10.0. The molecule has 2 saturated carbocycles. The first-order valence-electron chi connectivity index (χ1n) is 10.0. The number of amides is 3. The number of urea groups is 1. The maximum Gasteiger partial charge on any atom is 0.326 e. The summed E-state index contributed by atoms with van der Waals surface area (Å²) in [4.78, 5) is 29.4. The molecule has 1 saturated heterocycles. The molecular formula is C21H29N3O3. The molecule has 1 heterocycles. The maximum atomic E-state index is 13.1. The SMILES string of the molecule is COc1ccc(CN(CN2C(=O)NC3(CCC(C)CC3)C2=O)C2CC2)cc1. The third kappa shape index (κ3) is 3.68. The van der Waals surface area contributed by atoms with E-state index in [-0.39, 0.29) is 11.9 Å². The third-order valence-electron chi connectivity index (χ3n) is 6.30. The first kappa shape index (κ1) is 18.3. The van der Waals surface area contributed by atoms with Crippen molar-refractivity contribution in [2.75, 3.05) is 13.8 Å². The van der Waals surface area contributed by atoms with Crippen LogP contribution in [0.3, 0.4) is 0 Å². The normalized spacial score (nSPS) is 28.1. The zero-order chi connectivity index (χ0) is 19.0. The Hall–Kier alpha value is -2.08. The number of nitrogens with zero attached hydrogens (tertiary/aromatic N) is 2. The van der Waals surface area contributed by atoms with Crippen molar-refractivity contribution in [3.63, 3.8) is 0 Å². The predicted molar refractivity (Wildman–Crippen MR) is 102 cm³/mol. The lowest BCUT2D eigenvalue weighted by molar-refractivity contribution is -0.134. The van der Waals surface area contributed by atoms with Crippen LogP contribution in [0, 0.1) is 5.92 Å². The molecule has 0 aromatic heterocycles.